The second-order valence-corrected chi connectivity index (χ2v) is 4.57. The largest absolute Gasteiger partial charge is 0.481 e. The maximum Gasteiger partial charge on any atom is 0.389 e. The summed E-state index contributed by atoms with van der Waals surface area (Å²) in [7, 11) is 0. The number of rotatable bonds is 6. The van der Waals surface area contributed by atoms with Crippen LogP contribution in [-0.4, -0.2) is 23.8 Å². The van der Waals surface area contributed by atoms with Gasteiger partial charge in [0.2, 0.25) is 0 Å². The zero-order valence-electron chi connectivity index (χ0n) is 10.6. The molecule has 0 spiro atoms. The van der Waals surface area contributed by atoms with E-state index in [0.717, 1.165) is 12.1 Å². The highest BCUT2D eigenvalue weighted by Crippen LogP contribution is 2.32. The molecule has 1 aromatic rings. The number of hydrogen-bond acceptors (Lipinski definition) is 2. The molecular formula is C13H15F4NO2. The minimum absolute atomic E-state index is 0.0784. The fraction of sp³-hybridized carbons (Fsp3) is 0.462. The van der Waals surface area contributed by atoms with Crippen LogP contribution in [0.3, 0.4) is 0 Å². The third-order valence-electron chi connectivity index (χ3n) is 3.20. The third-order valence-corrected chi connectivity index (χ3v) is 3.20. The van der Waals surface area contributed by atoms with E-state index in [2.05, 4.69) is 0 Å². The molecular weight excluding hydrogens is 278 g/mol. The first-order chi connectivity index (χ1) is 9.21. The second-order valence-electron chi connectivity index (χ2n) is 4.57. The number of benzene rings is 1. The van der Waals surface area contributed by atoms with Gasteiger partial charge in [0.25, 0.3) is 0 Å². The molecule has 20 heavy (non-hydrogen) atoms. The van der Waals surface area contributed by atoms with Crippen molar-refractivity contribution in [2.75, 3.05) is 6.54 Å². The lowest BCUT2D eigenvalue weighted by molar-refractivity contribution is -0.147. The van der Waals surface area contributed by atoms with E-state index < -0.39 is 36.3 Å². The van der Waals surface area contributed by atoms with Gasteiger partial charge in [-0.1, -0.05) is 12.1 Å². The Labute approximate surface area is 113 Å². The summed E-state index contributed by atoms with van der Waals surface area (Å²) >= 11 is 0. The highest BCUT2D eigenvalue weighted by atomic mass is 19.4. The molecule has 0 aromatic heterocycles. The van der Waals surface area contributed by atoms with Crippen LogP contribution in [0.4, 0.5) is 17.6 Å². The van der Waals surface area contributed by atoms with Crippen molar-refractivity contribution >= 4 is 5.97 Å². The average Bonchev–Trinajstić information content (AvgIpc) is 2.33. The standard InChI is InChI=1S/C13H15F4NO2/c14-10-4-1-3-9(7-10)12(8-18,11(19)20)5-2-6-13(15,16)17/h1,3-4,7H,2,5-6,8,18H2,(H,19,20). The van der Waals surface area contributed by atoms with Crippen LogP contribution in [-0.2, 0) is 10.2 Å². The molecule has 0 amide bonds. The number of carboxylic acid groups (broad SMARTS) is 1. The lowest BCUT2D eigenvalue weighted by atomic mass is 9.76. The van der Waals surface area contributed by atoms with E-state index in [4.69, 9.17) is 5.73 Å². The fourth-order valence-electron chi connectivity index (χ4n) is 2.06. The molecule has 112 valence electrons. The van der Waals surface area contributed by atoms with Gasteiger partial charge in [-0.05, 0) is 30.5 Å². The van der Waals surface area contributed by atoms with Crippen LogP contribution in [0, 0.1) is 5.82 Å². The predicted octanol–water partition coefficient (Wildman–Crippen LogP) is 2.84. The first-order valence-corrected chi connectivity index (χ1v) is 5.97. The lowest BCUT2D eigenvalue weighted by Crippen LogP contribution is -2.43. The van der Waals surface area contributed by atoms with Crippen LogP contribution in [0.25, 0.3) is 0 Å². The van der Waals surface area contributed by atoms with Gasteiger partial charge in [0.1, 0.15) is 11.2 Å². The van der Waals surface area contributed by atoms with Gasteiger partial charge < -0.3 is 10.8 Å². The van der Waals surface area contributed by atoms with E-state index in [1.807, 2.05) is 0 Å². The number of halogens is 4. The van der Waals surface area contributed by atoms with Crippen molar-refractivity contribution in [3.63, 3.8) is 0 Å². The molecule has 1 atom stereocenters. The van der Waals surface area contributed by atoms with E-state index in [0.29, 0.717) is 0 Å². The Morgan fingerprint density at radius 1 is 1.25 bits per heavy atom. The van der Waals surface area contributed by atoms with Crippen LogP contribution in [0.5, 0.6) is 0 Å². The van der Waals surface area contributed by atoms with Gasteiger partial charge in [-0.25, -0.2) is 4.39 Å². The van der Waals surface area contributed by atoms with E-state index in [-0.39, 0.29) is 18.4 Å². The van der Waals surface area contributed by atoms with Crippen molar-refractivity contribution in [3.8, 4) is 0 Å². The highest BCUT2D eigenvalue weighted by Gasteiger charge is 2.40. The SMILES string of the molecule is NCC(CCCC(F)(F)F)(C(=O)O)c1cccc(F)c1. The third kappa shape index (κ3) is 3.93. The summed E-state index contributed by atoms with van der Waals surface area (Å²) in [5.41, 5.74) is 3.83. The molecule has 1 unspecified atom stereocenters. The van der Waals surface area contributed by atoms with Crippen molar-refractivity contribution in [3.05, 3.63) is 35.6 Å². The monoisotopic (exact) mass is 293 g/mol. The molecule has 3 nitrogen and oxygen atoms in total. The van der Waals surface area contributed by atoms with Gasteiger partial charge in [0.15, 0.2) is 0 Å². The van der Waals surface area contributed by atoms with Crippen molar-refractivity contribution in [2.24, 2.45) is 5.73 Å². The Bertz CT molecular complexity index is 476. The van der Waals surface area contributed by atoms with Gasteiger partial charge in [-0.3, -0.25) is 4.79 Å². The maximum atomic E-state index is 13.2. The molecule has 0 heterocycles. The van der Waals surface area contributed by atoms with Gasteiger partial charge in [0, 0.05) is 13.0 Å². The van der Waals surface area contributed by atoms with Crippen LogP contribution >= 0.6 is 0 Å². The van der Waals surface area contributed by atoms with E-state index in [1.165, 1.54) is 12.1 Å². The summed E-state index contributed by atoms with van der Waals surface area (Å²) in [6.45, 7) is -0.399. The smallest absolute Gasteiger partial charge is 0.389 e. The topological polar surface area (TPSA) is 63.3 Å². The summed E-state index contributed by atoms with van der Waals surface area (Å²) in [4.78, 5) is 11.4. The number of nitrogens with two attached hydrogens (primary N) is 1. The summed E-state index contributed by atoms with van der Waals surface area (Å²) in [6.07, 6.45) is -6.15. The van der Waals surface area contributed by atoms with Gasteiger partial charge in [-0.15, -0.1) is 0 Å². The van der Waals surface area contributed by atoms with Gasteiger partial charge in [-0.2, -0.15) is 13.2 Å². The van der Waals surface area contributed by atoms with Crippen LogP contribution in [0.2, 0.25) is 0 Å². The molecule has 0 aliphatic heterocycles. The Morgan fingerprint density at radius 2 is 1.90 bits per heavy atom. The molecule has 3 N–H and O–H groups in total. The van der Waals surface area contributed by atoms with E-state index in [1.54, 1.807) is 0 Å². The van der Waals surface area contributed by atoms with E-state index in [9.17, 15) is 27.5 Å². The minimum Gasteiger partial charge on any atom is -0.481 e. The zero-order valence-corrected chi connectivity index (χ0v) is 10.6. The molecule has 0 saturated heterocycles. The average molecular weight is 293 g/mol. The second kappa shape index (κ2) is 6.21. The number of carbonyl (C=O) groups is 1. The number of carboxylic acids is 1. The number of hydrogen-bond donors (Lipinski definition) is 2. The van der Waals surface area contributed by atoms with Crippen LogP contribution < -0.4 is 5.73 Å². The molecule has 0 aliphatic rings. The van der Waals surface area contributed by atoms with E-state index >= 15 is 0 Å². The molecule has 0 saturated carbocycles. The predicted molar refractivity (Wildman–Crippen MR) is 64.7 cm³/mol. The summed E-state index contributed by atoms with van der Waals surface area (Å²) < 4.78 is 49.7. The molecule has 0 radical (unpaired) electrons. The molecule has 1 aromatic carbocycles. The first kappa shape index (κ1) is 16.4. The zero-order chi connectivity index (χ0) is 15.4. The number of alkyl halides is 3. The summed E-state index contributed by atoms with van der Waals surface area (Å²) in [5, 5.41) is 9.31. The highest BCUT2D eigenvalue weighted by molar-refractivity contribution is 5.81. The Morgan fingerprint density at radius 3 is 2.35 bits per heavy atom. The van der Waals surface area contributed by atoms with Crippen molar-refractivity contribution in [2.45, 2.75) is 30.9 Å². The molecule has 1 rings (SSSR count). The Hall–Kier alpha value is -1.63. The van der Waals surface area contributed by atoms with Crippen molar-refractivity contribution in [1.82, 2.24) is 0 Å². The molecule has 0 bridgehead atoms. The molecule has 0 fully saturated rings. The van der Waals surface area contributed by atoms with Crippen LogP contribution in [0.15, 0.2) is 24.3 Å². The van der Waals surface area contributed by atoms with Crippen molar-refractivity contribution in [1.29, 1.82) is 0 Å². The minimum atomic E-state index is -4.36. The molecule has 0 aliphatic carbocycles. The summed E-state index contributed by atoms with van der Waals surface area (Å²) in [6, 6.07) is 4.79. The van der Waals surface area contributed by atoms with Crippen molar-refractivity contribution < 1.29 is 27.5 Å². The van der Waals surface area contributed by atoms with Crippen LogP contribution in [0.1, 0.15) is 24.8 Å². The van der Waals surface area contributed by atoms with Gasteiger partial charge >= 0.3 is 12.1 Å². The Kier molecular flexibility index (Phi) is 5.10. The fourth-order valence-corrected chi connectivity index (χ4v) is 2.06. The number of aliphatic carboxylic acids is 1. The summed E-state index contributed by atoms with van der Waals surface area (Å²) in [5.74, 6) is -2.01. The quantitative estimate of drug-likeness (QED) is 0.793. The first-order valence-electron chi connectivity index (χ1n) is 5.97. The lowest BCUT2D eigenvalue weighted by Gasteiger charge is -2.28. The van der Waals surface area contributed by atoms with Gasteiger partial charge in [0.05, 0.1) is 0 Å². The molecule has 7 heteroatoms. The maximum absolute atomic E-state index is 13.2. The Balaban J connectivity index is 3.01. The normalized spacial score (nSPS) is 14.8.